The van der Waals surface area contributed by atoms with Crippen molar-refractivity contribution >= 4 is 5.91 Å². The molecule has 2 aromatic carbocycles. The summed E-state index contributed by atoms with van der Waals surface area (Å²) >= 11 is 0. The van der Waals surface area contributed by atoms with E-state index < -0.39 is 5.60 Å². The Morgan fingerprint density at radius 2 is 1.97 bits per heavy atom. The van der Waals surface area contributed by atoms with E-state index in [9.17, 15) is 15.2 Å². The number of carbonyl (C=O) groups is 1. The minimum absolute atomic E-state index is 0. The van der Waals surface area contributed by atoms with Crippen molar-refractivity contribution in [2.45, 2.75) is 45.0 Å². The smallest absolute Gasteiger partial charge is 0.254 e. The van der Waals surface area contributed by atoms with E-state index in [0.717, 1.165) is 17.1 Å². The summed E-state index contributed by atoms with van der Waals surface area (Å²) in [6, 6.07) is 19.0. The molecule has 0 unspecified atom stereocenters. The molecule has 0 aliphatic carbocycles. The molecule has 3 heterocycles. The van der Waals surface area contributed by atoms with E-state index >= 15 is 0 Å². The first-order valence-corrected chi connectivity index (χ1v) is 11.6. The summed E-state index contributed by atoms with van der Waals surface area (Å²) in [5.74, 6) is 1.27. The number of hydrogen-bond acceptors (Lipinski definition) is 5. The first-order chi connectivity index (χ1) is 16.5. The highest BCUT2D eigenvalue weighted by Gasteiger charge is 2.45. The van der Waals surface area contributed by atoms with Crippen LogP contribution in [-0.4, -0.2) is 39.7 Å². The van der Waals surface area contributed by atoms with Crippen LogP contribution in [0.1, 0.15) is 55.4 Å². The van der Waals surface area contributed by atoms with E-state index in [-0.39, 0.29) is 20.0 Å². The molecule has 1 aromatic heterocycles. The molecule has 0 bridgehead atoms. The van der Waals surface area contributed by atoms with Gasteiger partial charge in [-0.25, -0.2) is 0 Å². The molecule has 1 spiro atoms. The largest absolute Gasteiger partial charge is 0.491 e. The number of likely N-dealkylation sites (tertiary alicyclic amines) is 1. The second-order valence-electron chi connectivity index (χ2n) is 9.05. The van der Waals surface area contributed by atoms with Gasteiger partial charge >= 0.3 is 0 Å². The summed E-state index contributed by atoms with van der Waals surface area (Å²) < 4.78 is 14.2. The summed E-state index contributed by atoms with van der Waals surface area (Å²) in [6.07, 6.45) is 1.21. The number of piperidine rings is 1. The molecule has 2 aliphatic heterocycles. The highest BCUT2D eigenvalue weighted by Crippen LogP contribution is 2.46. The van der Waals surface area contributed by atoms with Gasteiger partial charge in [0.2, 0.25) is 0 Å². The minimum atomic E-state index is -0.602. The third-order valence-electron chi connectivity index (χ3n) is 6.58. The number of aromatic nitrogens is 1. The van der Waals surface area contributed by atoms with E-state index in [1.54, 1.807) is 18.2 Å². The normalized spacial score (nSPS) is 15.9. The van der Waals surface area contributed by atoms with E-state index in [1.807, 2.05) is 59.7 Å². The Morgan fingerprint density at radius 3 is 2.68 bits per heavy atom. The number of nitrogens with zero attached hydrogens (tertiary/aromatic N) is 3. The third kappa shape index (κ3) is 3.61. The Morgan fingerprint density at radius 1 is 1.21 bits per heavy atom. The number of hydrogen-bond donors (Lipinski definition) is 1. The van der Waals surface area contributed by atoms with Crippen molar-refractivity contribution in [2.24, 2.45) is 0 Å². The zero-order valence-corrected chi connectivity index (χ0v) is 19.3. The number of aliphatic hydroxyl groups is 1. The standard InChI is InChI=1S/C27H27N3O4.H2/c1-18(2)33-21-8-9-22(19(15-21)17-31)26(32)29-13-11-27(12-14-29)25-10-7-20(16-28)30(25)23-5-3-4-6-24(23)34-27;/h3-10,15,18,31H,11-14,17H2,1-2H3;1H. The van der Waals surface area contributed by atoms with Crippen LogP contribution in [-0.2, 0) is 12.2 Å². The molecule has 0 saturated carbocycles. The van der Waals surface area contributed by atoms with Gasteiger partial charge in [-0.1, -0.05) is 12.1 Å². The Bertz CT molecular complexity index is 1290. The van der Waals surface area contributed by atoms with E-state index in [1.165, 1.54) is 0 Å². The summed E-state index contributed by atoms with van der Waals surface area (Å²) in [5, 5.41) is 19.5. The molecule has 2 aliphatic rings. The zero-order chi connectivity index (χ0) is 23.9. The van der Waals surface area contributed by atoms with Gasteiger partial charge in [0.1, 0.15) is 23.3 Å². The molecule has 1 amide bonds. The van der Waals surface area contributed by atoms with Gasteiger partial charge in [0.15, 0.2) is 5.60 Å². The average molecular weight is 460 g/mol. The minimum Gasteiger partial charge on any atom is -0.491 e. The Hall–Kier alpha value is -3.76. The Balaban J connectivity index is 0.00000289. The van der Waals surface area contributed by atoms with Crippen molar-refractivity contribution in [1.29, 1.82) is 5.26 Å². The lowest BCUT2D eigenvalue weighted by molar-refractivity contribution is -0.00943. The SMILES string of the molecule is CC(C)Oc1ccc(C(=O)N2CCC3(CC2)Oc2ccccc2-n2c(C#N)ccc23)c(CO)c1.[HH]. The maximum Gasteiger partial charge on any atom is 0.254 e. The topological polar surface area (TPSA) is 87.7 Å². The van der Waals surface area contributed by atoms with Crippen LogP contribution in [0.25, 0.3) is 5.69 Å². The molecule has 0 radical (unpaired) electrons. The fourth-order valence-corrected chi connectivity index (χ4v) is 4.98. The van der Waals surface area contributed by atoms with Crippen molar-refractivity contribution < 1.29 is 20.8 Å². The maximum atomic E-state index is 13.4. The average Bonchev–Trinajstić information content (AvgIpc) is 3.29. The molecule has 1 fully saturated rings. The molecule has 34 heavy (non-hydrogen) atoms. The Kier molecular flexibility index (Phi) is 5.54. The fourth-order valence-electron chi connectivity index (χ4n) is 4.98. The molecule has 5 rings (SSSR count). The number of benzene rings is 2. The molecule has 176 valence electrons. The first kappa shape index (κ1) is 22.1. The van der Waals surface area contributed by atoms with Crippen LogP contribution in [0.5, 0.6) is 11.5 Å². The summed E-state index contributed by atoms with van der Waals surface area (Å²) in [4.78, 5) is 15.2. The monoisotopic (exact) mass is 459 g/mol. The van der Waals surface area contributed by atoms with Crippen LogP contribution in [0.3, 0.4) is 0 Å². The predicted octanol–water partition coefficient (Wildman–Crippen LogP) is 4.40. The Labute approximate surface area is 200 Å². The second kappa shape index (κ2) is 8.54. The molecule has 7 nitrogen and oxygen atoms in total. The van der Waals surface area contributed by atoms with Crippen LogP contribution >= 0.6 is 0 Å². The molecule has 0 atom stereocenters. The number of amides is 1. The highest BCUT2D eigenvalue weighted by atomic mass is 16.5. The summed E-state index contributed by atoms with van der Waals surface area (Å²) in [7, 11) is 0. The maximum absolute atomic E-state index is 13.4. The lowest BCUT2D eigenvalue weighted by Gasteiger charge is -2.45. The van der Waals surface area contributed by atoms with Crippen LogP contribution < -0.4 is 9.47 Å². The molecule has 3 aromatic rings. The highest BCUT2D eigenvalue weighted by molar-refractivity contribution is 5.96. The second-order valence-corrected chi connectivity index (χ2v) is 9.05. The van der Waals surface area contributed by atoms with E-state index in [0.29, 0.717) is 48.5 Å². The molecule has 1 saturated heterocycles. The first-order valence-electron chi connectivity index (χ1n) is 11.6. The summed E-state index contributed by atoms with van der Waals surface area (Å²) in [5.41, 5.74) is 2.81. The number of carbonyl (C=O) groups excluding carboxylic acids is 1. The van der Waals surface area contributed by atoms with Crippen LogP contribution in [0.2, 0.25) is 0 Å². The predicted molar refractivity (Wildman–Crippen MR) is 128 cm³/mol. The summed E-state index contributed by atoms with van der Waals surface area (Å²) in [6.45, 7) is 4.64. The number of ether oxygens (including phenoxy) is 2. The molecular formula is C27H29N3O4. The van der Waals surface area contributed by atoms with Gasteiger partial charge in [-0.3, -0.25) is 9.36 Å². The molecule has 7 heteroatoms. The van der Waals surface area contributed by atoms with Crippen molar-refractivity contribution in [3.8, 4) is 23.3 Å². The van der Waals surface area contributed by atoms with Gasteiger partial charge in [0, 0.05) is 32.9 Å². The van der Waals surface area contributed by atoms with E-state index in [4.69, 9.17) is 9.47 Å². The lowest BCUT2D eigenvalue weighted by Crippen LogP contribution is -2.50. The number of nitriles is 1. The number of rotatable bonds is 4. The number of aliphatic hydroxyl groups excluding tert-OH is 1. The van der Waals surface area contributed by atoms with E-state index in [2.05, 4.69) is 6.07 Å². The van der Waals surface area contributed by atoms with Gasteiger partial charge in [-0.05, 0) is 61.9 Å². The molecular weight excluding hydrogens is 430 g/mol. The van der Waals surface area contributed by atoms with Crippen molar-refractivity contribution in [2.75, 3.05) is 13.1 Å². The zero-order valence-electron chi connectivity index (χ0n) is 19.3. The number of fused-ring (bicyclic) bond motifs is 4. The van der Waals surface area contributed by atoms with Gasteiger partial charge < -0.3 is 19.5 Å². The quantitative estimate of drug-likeness (QED) is 0.625. The third-order valence-corrected chi connectivity index (χ3v) is 6.58. The fraction of sp³-hybridized carbons (Fsp3) is 0.333. The van der Waals surface area contributed by atoms with Gasteiger partial charge in [-0.2, -0.15) is 5.26 Å². The van der Waals surface area contributed by atoms with Crippen molar-refractivity contribution in [1.82, 2.24) is 9.47 Å². The van der Waals surface area contributed by atoms with Gasteiger partial charge in [0.25, 0.3) is 5.91 Å². The van der Waals surface area contributed by atoms with Crippen LogP contribution in [0, 0.1) is 11.3 Å². The van der Waals surface area contributed by atoms with Crippen molar-refractivity contribution in [3.63, 3.8) is 0 Å². The van der Waals surface area contributed by atoms with Gasteiger partial charge in [-0.15, -0.1) is 0 Å². The number of para-hydroxylation sites is 2. The van der Waals surface area contributed by atoms with Gasteiger partial charge in [0.05, 0.1) is 24.1 Å². The van der Waals surface area contributed by atoms with Crippen molar-refractivity contribution in [3.05, 3.63) is 77.1 Å². The lowest BCUT2D eigenvalue weighted by atomic mass is 9.86. The van der Waals surface area contributed by atoms with Crippen LogP contribution in [0.4, 0.5) is 0 Å². The van der Waals surface area contributed by atoms with Crippen LogP contribution in [0.15, 0.2) is 54.6 Å². The molecule has 1 N–H and O–H groups in total.